The van der Waals surface area contributed by atoms with Crippen LogP contribution >= 0.6 is 0 Å². The van der Waals surface area contributed by atoms with Crippen molar-refractivity contribution >= 4 is 10.0 Å². The van der Waals surface area contributed by atoms with E-state index in [1.54, 1.807) is 0 Å². The molecule has 0 aliphatic carbocycles. The average molecular weight is 233 g/mol. The van der Waals surface area contributed by atoms with Crippen molar-refractivity contribution in [3.05, 3.63) is 12.3 Å². The first-order valence-electron chi connectivity index (χ1n) is 4.37. The smallest absolute Gasteiger partial charge is 0.260 e. The molecule has 2 atom stereocenters. The lowest BCUT2D eigenvalue weighted by Crippen LogP contribution is -2.30. The van der Waals surface area contributed by atoms with E-state index in [4.69, 9.17) is 0 Å². The normalized spacial score (nSPS) is 28.4. The molecule has 0 saturated carbocycles. The Hall–Kier alpha value is -0.960. The minimum atomic E-state index is -3.67. The topological polar surface area (TPSA) is 107 Å². The van der Waals surface area contributed by atoms with Gasteiger partial charge in [0.05, 0.1) is 18.4 Å². The number of H-pyrrole nitrogens is 1. The molecule has 2 unspecified atom stereocenters. The Morgan fingerprint density at radius 1 is 1.40 bits per heavy atom. The van der Waals surface area contributed by atoms with Gasteiger partial charge in [0.15, 0.2) is 5.03 Å². The number of aromatic amines is 1. The van der Waals surface area contributed by atoms with Crippen LogP contribution < -0.4 is 0 Å². The highest BCUT2D eigenvalue weighted by Gasteiger charge is 2.38. The van der Waals surface area contributed by atoms with Crippen molar-refractivity contribution in [2.45, 2.75) is 17.2 Å². The molecule has 8 heteroatoms. The molecule has 84 valence electrons. The van der Waals surface area contributed by atoms with Gasteiger partial charge in [-0.1, -0.05) is 0 Å². The minimum absolute atomic E-state index is 0.0381. The van der Waals surface area contributed by atoms with Crippen molar-refractivity contribution in [1.29, 1.82) is 0 Å². The molecule has 7 nitrogen and oxygen atoms in total. The van der Waals surface area contributed by atoms with E-state index < -0.39 is 22.2 Å². The highest BCUT2D eigenvalue weighted by Crippen LogP contribution is 2.19. The third kappa shape index (κ3) is 1.76. The van der Waals surface area contributed by atoms with Crippen molar-refractivity contribution in [2.24, 2.45) is 0 Å². The van der Waals surface area contributed by atoms with E-state index in [9.17, 15) is 18.6 Å². The summed E-state index contributed by atoms with van der Waals surface area (Å²) in [6.07, 6.45) is -0.721. The Kier molecular flexibility index (Phi) is 2.51. The maximum atomic E-state index is 11.8. The molecule has 2 rings (SSSR count). The lowest BCUT2D eigenvalue weighted by Gasteiger charge is -2.13. The van der Waals surface area contributed by atoms with Crippen LogP contribution in [-0.2, 0) is 10.0 Å². The van der Waals surface area contributed by atoms with Crippen LogP contribution in [-0.4, -0.2) is 58.4 Å². The summed E-state index contributed by atoms with van der Waals surface area (Å²) in [4.78, 5) is 0. The number of sulfonamides is 1. The lowest BCUT2D eigenvalue weighted by atomic mass is 10.3. The summed E-state index contributed by atoms with van der Waals surface area (Å²) in [5, 5.41) is 24.3. The number of aliphatic hydroxyl groups excluding tert-OH is 2. The maximum absolute atomic E-state index is 11.8. The summed E-state index contributed by atoms with van der Waals surface area (Å²) in [5.41, 5.74) is 0. The Morgan fingerprint density at radius 3 is 2.47 bits per heavy atom. The Balaban J connectivity index is 2.25. The molecular formula is C7H11N3O4S. The molecule has 3 N–H and O–H groups in total. The van der Waals surface area contributed by atoms with Crippen molar-refractivity contribution in [1.82, 2.24) is 14.5 Å². The summed E-state index contributed by atoms with van der Waals surface area (Å²) >= 11 is 0. The molecule has 1 aromatic heterocycles. The van der Waals surface area contributed by atoms with Gasteiger partial charge in [-0.25, -0.2) is 8.42 Å². The molecule has 0 spiro atoms. The van der Waals surface area contributed by atoms with Crippen LogP contribution in [0.3, 0.4) is 0 Å². The van der Waals surface area contributed by atoms with E-state index in [2.05, 4.69) is 10.2 Å². The largest absolute Gasteiger partial charge is 0.389 e. The van der Waals surface area contributed by atoms with Crippen molar-refractivity contribution in [3.8, 4) is 0 Å². The van der Waals surface area contributed by atoms with Gasteiger partial charge in [-0.2, -0.15) is 9.40 Å². The summed E-state index contributed by atoms with van der Waals surface area (Å²) in [6.45, 7) is -0.189. The van der Waals surface area contributed by atoms with Crippen LogP contribution in [0.1, 0.15) is 0 Å². The second-order valence-electron chi connectivity index (χ2n) is 3.38. The quantitative estimate of drug-likeness (QED) is 0.555. The fourth-order valence-electron chi connectivity index (χ4n) is 1.46. The van der Waals surface area contributed by atoms with Crippen LogP contribution in [0, 0.1) is 0 Å². The second kappa shape index (κ2) is 3.56. The van der Waals surface area contributed by atoms with Crippen LogP contribution in [0.2, 0.25) is 0 Å². The van der Waals surface area contributed by atoms with Crippen LogP contribution in [0.15, 0.2) is 17.3 Å². The zero-order chi connectivity index (χ0) is 11.1. The average Bonchev–Trinajstić information content (AvgIpc) is 2.77. The fourth-order valence-corrected chi connectivity index (χ4v) is 2.83. The molecule has 0 radical (unpaired) electrons. The second-order valence-corrected chi connectivity index (χ2v) is 5.28. The van der Waals surface area contributed by atoms with Gasteiger partial charge in [0.2, 0.25) is 0 Å². The van der Waals surface area contributed by atoms with Crippen molar-refractivity contribution in [3.63, 3.8) is 0 Å². The summed E-state index contributed by atoms with van der Waals surface area (Å²) < 4.78 is 24.7. The zero-order valence-electron chi connectivity index (χ0n) is 7.74. The molecule has 1 aromatic rings. The summed E-state index contributed by atoms with van der Waals surface area (Å²) in [6, 6.07) is 1.33. The Bertz CT molecular complexity index is 419. The van der Waals surface area contributed by atoms with Gasteiger partial charge in [-0.15, -0.1) is 0 Å². The van der Waals surface area contributed by atoms with Gasteiger partial charge in [-0.05, 0) is 6.07 Å². The molecular weight excluding hydrogens is 222 g/mol. The fraction of sp³-hybridized carbons (Fsp3) is 0.571. The predicted octanol–water partition coefficient (Wildman–Crippen LogP) is -1.86. The number of rotatable bonds is 2. The number of aromatic nitrogens is 2. The van der Waals surface area contributed by atoms with Crippen molar-refractivity contribution in [2.75, 3.05) is 13.1 Å². The number of aliphatic hydroxyl groups is 2. The standard InChI is InChI=1S/C7H11N3O4S/c11-5-3-10(4-6(5)12)15(13,14)7-1-2-8-9-7/h1-2,5-6,11-12H,3-4H2,(H,8,9). The number of nitrogens with zero attached hydrogens (tertiary/aromatic N) is 2. The summed E-state index contributed by atoms with van der Waals surface area (Å²) in [5.74, 6) is 0. The van der Waals surface area contributed by atoms with Gasteiger partial charge in [-0.3, -0.25) is 5.10 Å². The molecule has 1 aliphatic rings. The molecule has 0 amide bonds. The van der Waals surface area contributed by atoms with E-state index >= 15 is 0 Å². The first-order valence-corrected chi connectivity index (χ1v) is 5.81. The van der Waals surface area contributed by atoms with E-state index in [0.29, 0.717) is 0 Å². The van der Waals surface area contributed by atoms with E-state index in [-0.39, 0.29) is 18.1 Å². The highest BCUT2D eigenvalue weighted by atomic mass is 32.2. The Morgan fingerprint density at radius 2 is 2.00 bits per heavy atom. The van der Waals surface area contributed by atoms with Gasteiger partial charge in [0.1, 0.15) is 0 Å². The van der Waals surface area contributed by atoms with Gasteiger partial charge < -0.3 is 10.2 Å². The molecule has 15 heavy (non-hydrogen) atoms. The highest BCUT2D eigenvalue weighted by molar-refractivity contribution is 7.89. The maximum Gasteiger partial charge on any atom is 0.260 e. The van der Waals surface area contributed by atoms with Crippen LogP contribution in [0.4, 0.5) is 0 Å². The van der Waals surface area contributed by atoms with Crippen LogP contribution in [0.5, 0.6) is 0 Å². The number of hydrogen-bond acceptors (Lipinski definition) is 5. The molecule has 1 aliphatic heterocycles. The minimum Gasteiger partial charge on any atom is -0.389 e. The van der Waals surface area contributed by atoms with Crippen LogP contribution in [0.25, 0.3) is 0 Å². The number of nitrogens with one attached hydrogen (secondary N) is 1. The molecule has 1 fully saturated rings. The van der Waals surface area contributed by atoms with Gasteiger partial charge >= 0.3 is 0 Å². The van der Waals surface area contributed by atoms with Gasteiger partial charge in [0.25, 0.3) is 10.0 Å². The first-order chi connectivity index (χ1) is 7.01. The molecule has 0 bridgehead atoms. The molecule has 2 heterocycles. The molecule has 1 saturated heterocycles. The van der Waals surface area contributed by atoms with E-state index in [1.807, 2.05) is 0 Å². The lowest BCUT2D eigenvalue weighted by molar-refractivity contribution is 0.0572. The summed E-state index contributed by atoms with van der Waals surface area (Å²) in [7, 11) is -3.67. The molecule has 0 aromatic carbocycles. The number of hydrogen-bond donors (Lipinski definition) is 3. The van der Waals surface area contributed by atoms with E-state index in [1.165, 1.54) is 12.3 Å². The Labute approximate surface area is 86.4 Å². The van der Waals surface area contributed by atoms with Gasteiger partial charge in [0, 0.05) is 13.1 Å². The third-order valence-electron chi connectivity index (χ3n) is 2.32. The first kappa shape index (κ1) is 10.6. The number of β-amino-alcohol motifs (C(OH)–C–C–N with tert-alkyl or cyclic N) is 2. The monoisotopic (exact) mass is 233 g/mol. The van der Waals surface area contributed by atoms with Crippen molar-refractivity contribution < 1.29 is 18.6 Å². The SMILES string of the molecule is O=S(=O)(c1ccn[nH]1)N1CC(O)C(O)C1. The predicted molar refractivity (Wildman–Crippen MR) is 49.4 cm³/mol. The third-order valence-corrected chi connectivity index (χ3v) is 4.08. The zero-order valence-corrected chi connectivity index (χ0v) is 8.55. The van der Waals surface area contributed by atoms with E-state index in [0.717, 1.165) is 4.31 Å².